The van der Waals surface area contributed by atoms with Crippen LogP contribution in [0.4, 0.5) is 4.79 Å². The normalized spacial score (nSPS) is 17.8. The lowest BCUT2D eigenvalue weighted by Gasteiger charge is -2.30. The number of nitriles is 1. The number of nitrogens with zero attached hydrogens (tertiary/aromatic N) is 2. The van der Waals surface area contributed by atoms with Gasteiger partial charge in [-0.3, -0.25) is 4.90 Å². The van der Waals surface area contributed by atoms with Gasteiger partial charge >= 0.3 is 6.09 Å². The lowest BCUT2D eigenvalue weighted by Crippen LogP contribution is -2.45. The van der Waals surface area contributed by atoms with Crippen LogP contribution in [-0.4, -0.2) is 43.3 Å². The van der Waals surface area contributed by atoms with E-state index in [0.29, 0.717) is 19.1 Å². The van der Waals surface area contributed by atoms with Gasteiger partial charge in [-0.15, -0.1) is 0 Å². The molecule has 1 saturated heterocycles. The van der Waals surface area contributed by atoms with Crippen LogP contribution in [0.5, 0.6) is 0 Å². The number of likely N-dealkylation sites (tertiary alicyclic amines) is 1. The first-order chi connectivity index (χ1) is 8.11. The Kier molecular flexibility index (Phi) is 5.78. The van der Waals surface area contributed by atoms with E-state index in [-0.39, 0.29) is 12.1 Å². The first-order valence-electron chi connectivity index (χ1n) is 6.14. The zero-order valence-corrected chi connectivity index (χ0v) is 10.6. The number of hydrogen-bond donors (Lipinski definition) is 1. The van der Waals surface area contributed by atoms with Crippen molar-refractivity contribution in [3.05, 3.63) is 0 Å². The lowest BCUT2D eigenvalue weighted by molar-refractivity contribution is 0.122. The minimum absolute atomic E-state index is 0.185. The maximum atomic E-state index is 11.4. The van der Waals surface area contributed by atoms with Crippen LogP contribution in [0.1, 0.15) is 26.7 Å². The average Bonchev–Trinajstić information content (AvgIpc) is 2.29. The Labute approximate surface area is 103 Å². The smallest absolute Gasteiger partial charge is 0.407 e. The number of ether oxygens (including phenoxy) is 1. The van der Waals surface area contributed by atoms with Gasteiger partial charge in [0.2, 0.25) is 0 Å². The molecule has 0 radical (unpaired) electrons. The van der Waals surface area contributed by atoms with Crippen LogP contribution in [0.15, 0.2) is 0 Å². The molecule has 0 spiro atoms. The Bertz CT molecular complexity index is 278. The van der Waals surface area contributed by atoms with Crippen LogP contribution in [0.25, 0.3) is 0 Å². The Morgan fingerprint density at radius 3 is 2.71 bits per heavy atom. The van der Waals surface area contributed by atoms with E-state index in [4.69, 9.17) is 10.00 Å². The molecule has 0 aromatic heterocycles. The molecule has 1 aliphatic rings. The summed E-state index contributed by atoms with van der Waals surface area (Å²) in [6, 6.07) is 2.32. The Morgan fingerprint density at radius 2 is 2.18 bits per heavy atom. The highest BCUT2D eigenvalue weighted by Crippen LogP contribution is 2.09. The molecule has 5 nitrogen and oxygen atoms in total. The molecule has 0 bridgehead atoms. The van der Waals surface area contributed by atoms with Crippen molar-refractivity contribution in [1.82, 2.24) is 10.2 Å². The third-order valence-corrected chi connectivity index (χ3v) is 2.75. The molecule has 1 N–H and O–H groups in total. The third kappa shape index (κ3) is 5.55. The molecular formula is C12H21N3O2. The molecule has 1 rings (SSSR count). The van der Waals surface area contributed by atoms with E-state index in [1.807, 2.05) is 13.8 Å². The van der Waals surface area contributed by atoms with Gasteiger partial charge in [0.25, 0.3) is 0 Å². The van der Waals surface area contributed by atoms with Crippen molar-refractivity contribution >= 4 is 6.09 Å². The number of hydrogen-bond acceptors (Lipinski definition) is 4. The fourth-order valence-corrected chi connectivity index (χ4v) is 1.79. The molecule has 1 aliphatic heterocycles. The molecule has 0 saturated carbocycles. The van der Waals surface area contributed by atoms with Gasteiger partial charge in [-0.25, -0.2) is 4.79 Å². The van der Waals surface area contributed by atoms with Crippen molar-refractivity contribution in [3.63, 3.8) is 0 Å². The van der Waals surface area contributed by atoms with Crippen molar-refractivity contribution in [3.8, 4) is 6.07 Å². The summed E-state index contributed by atoms with van der Waals surface area (Å²) in [5.41, 5.74) is 0. The molecule has 0 aromatic rings. The van der Waals surface area contributed by atoms with Gasteiger partial charge in [-0.1, -0.05) is 13.8 Å². The second-order valence-corrected chi connectivity index (χ2v) is 4.85. The van der Waals surface area contributed by atoms with Gasteiger partial charge in [-0.05, 0) is 18.8 Å². The fraction of sp³-hybridized carbons (Fsp3) is 0.833. The van der Waals surface area contributed by atoms with Gasteiger partial charge in [0.05, 0.1) is 19.2 Å². The summed E-state index contributed by atoms with van der Waals surface area (Å²) in [5.74, 6) is 0.359. The zero-order chi connectivity index (χ0) is 12.7. The fourth-order valence-electron chi connectivity index (χ4n) is 1.79. The van der Waals surface area contributed by atoms with E-state index < -0.39 is 0 Å². The number of piperidine rings is 1. The first-order valence-corrected chi connectivity index (χ1v) is 6.14. The number of carbonyl (C=O) groups is 1. The Balaban J connectivity index is 2.17. The maximum Gasteiger partial charge on any atom is 0.407 e. The molecular weight excluding hydrogens is 218 g/mol. The molecule has 17 heavy (non-hydrogen) atoms. The predicted molar refractivity (Wildman–Crippen MR) is 64.4 cm³/mol. The molecule has 0 aliphatic carbocycles. The Hall–Kier alpha value is -1.28. The second-order valence-electron chi connectivity index (χ2n) is 4.85. The topological polar surface area (TPSA) is 65.4 Å². The van der Waals surface area contributed by atoms with E-state index in [2.05, 4.69) is 16.3 Å². The molecule has 96 valence electrons. The molecule has 0 atom stereocenters. The predicted octanol–water partition coefficient (Wildman–Crippen LogP) is 1.36. The largest absolute Gasteiger partial charge is 0.449 e. The molecule has 0 unspecified atom stereocenters. The molecule has 1 amide bonds. The molecule has 0 aromatic carbocycles. The van der Waals surface area contributed by atoms with Crippen LogP contribution in [0.3, 0.4) is 0 Å². The average molecular weight is 239 g/mol. The maximum absolute atomic E-state index is 11.4. The summed E-state index contributed by atoms with van der Waals surface area (Å²) in [5, 5.41) is 11.4. The quantitative estimate of drug-likeness (QED) is 0.752. The minimum atomic E-state index is -0.322. The van der Waals surface area contributed by atoms with Crippen LogP contribution in [0, 0.1) is 17.2 Å². The zero-order valence-electron chi connectivity index (χ0n) is 10.6. The van der Waals surface area contributed by atoms with Crippen molar-refractivity contribution in [2.45, 2.75) is 32.7 Å². The minimum Gasteiger partial charge on any atom is -0.449 e. The van der Waals surface area contributed by atoms with Crippen LogP contribution in [-0.2, 0) is 4.74 Å². The Morgan fingerprint density at radius 1 is 1.53 bits per heavy atom. The van der Waals surface area contributed by atoms with Crippen LogP contribution >= 0.6 is 0 Å². The van der Waals surface area contributed by atoms with Gasteiger partial charge in [0, 0.05) is 19.1 Å². The number of rotatable bonds is 4. The summed E-state index contributed by atoms with van der Waals surface area (Å²) in [4.78, 5) is 13.5. The standard InChI is InChI=1S/C12H21N3O2/c1-10(2)9-17-12(16)14-11-3-6-15(7-4-11)8-5-13/h10-11H,3-4,6-9H2,1-2H3,(H,14,16). The van der Waals surface area contributed by atoms with Gasteiger partial charge in [0.15, 0.2) is 0 Å². The van der Waals surface area contributed by atoms with Gasteiger partial charge in [0.1, 0.15) is 0 Å². The van der Waals surface area contributed by atoms with Crippen LogP contribution < -0.4 is 5.32 Å². The SMILES string of the molecule is CC(C)COC(=O)NC1CCN(CC#N)CC1. The monoisotopic (exact) mass is 239 g/mol. The van der Waals surface area contributed by atoms with E-state index in [0.717, 1.165) is 25.9 Å². The summed E-state index contributed by atoms with van der Waals surface area (Å²) in [7, 11) is 0. The van der Waals surface area contributed by atoms with Crippen molar-refractivity contribution in [2.24, 2.45) is 5.92 Å². The van der Waals surface area contributed by atoms with Gasteiger partial charge in [-0.2, -0.15) is 5.26 Å². The first kappa shape index (κ1) is 13.8. The van der Waals surface area contributed by atoms with Crippen molar-refractivity contribution < 1.29 is 9.53 Å². The second kappa shape index (κ2) is 7.13. The summed E-state index contributed by atoms with van der Waals surface area (Å²) >= 11 is 0. The molecule has 1 heterocycles. The molecule has 5 heteroatoms. The number of amides is 1. The number of alkyl carbamates (subject to hydrolysis) is 1. The van der Waals surface area contributed by atoms with Crippen molar-refractivity contribution in [1.29, 1.82) is 5.26 Å². The van der Waals surface area contributed by atoms with Gasteiger partial charge < -0.3 is 10.1 Å². The third-order valence-electron chi connectivity index (χ3n) is 2.75. The summed E-state index contributed by atoms with van der Waals surface area (Å²) in [6.07, 6.45) is 1.45. The summed E-state index contributed by atoms with van der Waals surface area (Å²) < 4.78 is 5.06. The van der Waals surface area contributed by atoms with Crippen molar-refractivity contribution in [2.75, 3.05) is 26.2 Å². The lowest BCUT2D eigenvalue weighted by atomic mass is 10.1. The summed E-state index contributed by atoms with van der Waals surface area (Å²) in [6.45, 7) is 6.68. The highest BCUT2D eigenvalue weighted by molar-refractivity contribution is 5.67. The highest BCUT2D eigenvalue weighted by atomic mass is 16.5. The molecule has 1 fully saturated rings. The van der Waals surface area contributed by atoms with E-state index in [1.165, 1.54) is 0 Å². The van der Waals surface area contributed by atoms with E-state index >= 15 is 0 Å². The van der Waals surface area contributed by atoms with Crippen LogP contribution in [0.2, 0.25) is 0 Å². The number of nitrogens with one attached hydrogen (secondary N) is 1. The van der Waals surface area contributed by atoms with E-state index in [1.54, 1.807) is 0 Å². The van der Waals surface area contributed by atoms with E-state index in [9.17, 15) is 4.79 Å². The number of carbonyl (C=O) groups excluding carboxylic acids is 1. The highest BCUT2D eigenvalue weighted by Gasteiger charge is 2.20.